The average Bonchev–Trinajstić information content (AvgIpc) is 3.16. The van der Waals surface area contributed by atoms with Crippen molar-refractivity contribution in [1.82, 2.24) is 5.32 Å². The Morgan fingerprint density at radius 2 is 2.05 bits per heavy atom. The molecule has 0 spiro atoms. The summed E-state index contributed by atoms with van der Waals surface area (Å²) < 4.78 is 6.17. The Morgan fingerprint density at radius 1 is 1.30 bits per heavy atom. The summed E-state index contributed by atoms with van der Waals surface area (Å²) in [5, 5.41) is 3.60. The van der Waals surface area contributed by atoms with Gasteiger partial charge in [-0.3, -0.25) is 0 Å². The zero-order chi connectivity index (χ0) is 14.6. The molecule has 0 amide bonds. The lowest BCUT2D eigenvalue weighted by molar-refractivity contribution is 0.0367. The van der Waals surface area contributed by atoms with E-state index in [-0.39, 0.29) is 6.10 Å². The second-order valence-corrected chi connectivity index (χ2v) is 7.27. The van der Waals surface area contributed by atoms with Gasteiger partial charge in [-0.1, -0.05) is 50.6 Å². The van der Waals surface area contributed by atoms with Crippen molar-refractivity contribution in [3.05, 3.63) is 35.4 Å². The highest BCUT2D eigenvalue weighted by atomic mass is 16.5. The fourth-order valence-electron chi connectivity index (χ4n) is 2.21. The molecule has 1 aromatic carbocycles. The standard InChI is InChI=1S/C18H29NO/c1-14-6-5-7-15(12-14)17(13-19-16-8-9-16)20-11-10-18(2,3)4/h5-7,12,16-17,19H,8-11,13H2,1-4H3. The summed E-state index contributed by atoms with van der Waals surface area (Å²) in [6.07, 6.45) is 3.92. The van der Waals surface area contributed by atoms with E-state index < -0.39 is 0 Å². The van der Waals surface area contributed by atoms with Gasteiger partial charge in [0, 0.05) is 19.2 Å². The van der Waals surface area contributed by atoms with E-state index in [1.807, 2.05) is 0 Å². The molecule has 1 aliphatic carbocycles. The Balaban J connectivity index is 1.92. The van der Waals surface area contributed by atoms with Crippen molar-refractivity contribution in [3.8, 4) is 0 Å². The van der Waals surface area contributed by atoms with Gasteiger partial charge in [0.25, 0.3) is 0 Å². The van der Waals surface area contributed by atoms with Crippen LogP contribution in [0.4, 0.5) is 0 Å². The zero-order valence-electron chi connectivity index (χ0n) is 13.4. The highest BCUT2D eigenvalue weighted by Gasteiger charge is 2.23. The fourth-order valence-corrected chi connectivity index (χ4v) is 2.21. The molecule has 1 fully saturated rings. The van der Waals surface area contributed by atoms with Crippen LogP contribution in [0.1, 0.15) is 57.3 Å². The highest BCUT2D eigenvalue weighted by Crippen LogP contribution is 2.24. The smallest absolute Gasteiger partial charge is 0.0949 e. The van der Waals surface area contributed by atoms with Gasteiger partial charge in [0.15, 0.2) is 0 Å². The molecule has 2 heteroatoms. The SMILES string of the molecule is Cc1cccc(C(CNC2CC2)OCCC(C)(C)C)c1. The first-order valence-electron chi connectivity index (χ1n) is 7.85. The molecule has 1 N–H and O–H groups in total. The van der Waals surface area contributed by atoms with Crippen LogP contribution < -0.4 is 5.32 Å². The second kappa shape index (κ2) is 6.73. The number of benzene rings is 1. The number of aryl methyl sites for hydroxylation is 1. The molecule has 2 rings (SSSR count). The van der Waals surface area contributed by atoms with Crippen molar-refractivity contribution in [2.75, 3.05) is 13.2 Å². The van der Waals surface area contributed by atoms with Crippen molar-refractivity contribution in [2.45, 2.75) is 59.1 Å². The van der Waals surface area contributed by atoms with Gasteiger partial charge in [0.1, 0.15) is 0 Å². The van der Waals surface area contributed by atoms with Gasteiger partial charge >= 0.3 is 0 Å². The van der Waals surface area contributed by atoms with E-state index in [0.29, 0.717) is 5.41 Å². The third kappa shape index (κ3) is 5.64. The van der Waals surface area contributed by atoms with Crippen molar-refractivity contribution >= 4 is 0 Å². The molecule has 0 aliphatic heterocycles. The molecule has 0 bridgehead atoms. The van der Waals surface area contributed by atoms with Crippen molar-refractivity contribution < 1.29 is 4.74 Å². The first-order chi connectivity index (χ1) is 9.44. The Bertz CT molecular complexity index is 418. The van der Waals surface area contributed by atoms with Crippen LogP contribution in [0.15, 0.2) is 24.3 Å². The average molecular weight is 275 g/mol. The fraction of sp³-hybridized carbons (Fsp3) is 0.667. The van der Waals surface area contributed by atoms with Gasteiger partial charge in [-0.05, 0) is 37.2 Å². The van der Waals surface area contributed by atoms with E-state index in [9.17, 15) is 0 Å². The van der Waals surface area contributed by atoms with Crippen LogP contribution in [-0.4, -0.2) is 19.2 Å². The van der Waals surface area contributed by atoms with Crippen LogP contribution >= 0.6 is 0 Å². The Morgan fingerprint density at radius 3 is 2.65 bits per heavy atom. The van der Waals surface area contributed by atoms with Gasteiger partial charge in [-0.25, -0.2) is 0 Å². The molecule has 1 unspecified atom stereocenters. The Hall–Kier alpha value is -0.860. The molecule has 112 valence electrons. The summed E-state index contributed by atoms with van der Waals surface area (Å²) in [5.74, 6) is 0. The van der Waals surface area contributed by atoms with E-state index in [4.69, 9.17) is 4.74 Å². The van der Waals surface area contributed by atoms with Crippen LogP contribution in [0.25, 0.3) is 0 Å². The molecule has 0 radical (unpaired) electrons. The predicted octanol–water partition coefficient (Wildman–Crippen LogP) is 4.24. The second-order valence-electron chi connectivity index (χ2n) is 7.27. The van der Waals surface area contributed by atoms with Crippen molar-refractivity contribution in [1.29, 1.82) is 0 Å². The van der Waals surface area contributed by atoms with Crippen LogP contribution in [0.2, 0.25) is 0 Å². The van der Waals surface area contributed by atoms with E-state index in [1.165, 1.54) is 24.0 Å². The minimum Gasteiger partial charge on any atom is -0.372 e. The van der Waals surface area contributed by atoms with E-state index >= 15 is 0 Å². The summed E-state index contributed by atoms with van der Waals surface area (Å²) >= 11 is 0. The summed E-state index contributed by atoms with van der Waals surface area (Å²) in [6.45, 7) is 10.7. The van der Waals surface area contributed by atoms with Gasteiger partial charge in [-0.2, -0.15) is 0 Å². The third-order valence-corrected chi connectivity index (χ3v) is 3.75. The molecule has 0 heterocycles. The Labute approximate surface area is 123 Å². The lowest BCUT2D eigenvalue weighted by Gasteiger charge is -2.23. The molecule has 0 aromatic heterocycles. The normalized spacial score (nSPS) is 17.2. The number of rotatable bonds is 7. The number of hydrogen-bond acceptors (Lipinski definition) is 2. The minimum atomic E-state index is 0.179. The van der Waals surface area contributed by atoms with Gasteiger partial charge in [0.05, 0.1) is 6.10 Å². The lowest BCUT2D eigenvalue weighted by Crippen LogP contribution is -2.26. The molecule has 20 heavy (non-hydrogen) atoms. The molecule has 1 aromatic rings. The molecule has 1 saturated carbocycles. The summed E-state index contributed by atoms with van der Waals surface area (Å²) in [5.41, 5.74) is 2.94. The predicted molar refractivity (Wildman–Crippen MR) is 85.0 cm³/mol. The summed E-state index contributed by atoms with van der Waals surface area (Å²) in [4.78, 5) is 0. The lowest BCUT2D eigenvalue weighted by atomic mass is 9.93. The minimum absolute atomic E-state index is 0.179. The third-order valence-electron chi connectivity index (χ3n) is 3.75. The largest absolute Gasteiger partial charge is 0.372 e. The Kier molecular flexibility index (Phi) is 5.22. The molecule has 2 nitrogen and oxygen atoms in total. The van der Waals surface area contributed by atoms with Crippen LogP contribution in [0, 0.1) is 12.3 Å². The van der Waals surface area contributed by atoms with Crippen LogP contribution in [0.3, 0.4) is 0 Å². The van der Waals surface area contributed by atoms with E-state index in [0.717, 1.165) is 25.6 Å². The van der Waals surface area contributed by atoms with Crippen LogP contribution in [0.5, 0.6) is 0 Å². The van der Waals surface area contributed by atoms with Crippen LogP contribution in [-0.2, 0) is 4.74 Å². The number of ether oxygens (including phenoxy) is 1. The van der Waals surface area contributed by atoms with Gasteiger partial charge in [-0.15, -0.1) is 0 Å². The quantitative estimate of drug-likeness (QED) is 0.803. The van der Waals surface area contributed by atoms with Crippen molar-refractivity contribution in [3.63, 3.8) is 0 Å². The zero-order valence-corrected chi connectivity index (χ0v) is 13.4. The maximum absolute atomic E-state index is 6.17. The van der Waals surface area contributed by atoms with Gasteiger partial charge in [0.2, 0.25) is 0 Å². The first-order valence-corrected chi connectivity index (χ1v) is 7.85. The summed E-state index contributed by atoms with van der Waals surface area (Å²) in [7, 11) is 0. The highest BCUT2D eigenvalue weighted by molar-refractivity contribution is 5.24. The number of nitrogens with one attached hydrogen (secondary N) is 1. The maximum atomic E-state index is 6.17. The topological polar surface area (TPSA) is 21.3 Å². The molecular formula is C18H29NO. The van der Waals surface area contributed by atoms with E-state index in [2.05, 4.69) is 57.3 Å². The molecular weight excluding hydrogens is 246 g/mol. The molecule has 1 aliphatic rings. The van der Waals surface area contributed by atoms with Crippen molar-refractivity contribution in [2.24, 2.45) is 5.41 Å². The number of hydrogen-bond donors (Lipinski definition) is 1. The summed E-state index contributed by atoms with van der Waals surface area (Å²) in [6, 6.07) is 9.43. The van der Waals surface area contributed by atoms with E-state index in [1.54, 1.807) is 0 Å². The molecule has 0 saturated heterocycles. The first kappa shape index (κ1) is 15.5. The molecule has 1 atom stereocenters. The monoisotopic (exact) mass is 275 g/mol. The maximum Gasteiger partial charge on any atom is 0.0949 e. The van der Waals surface area contributed by atoms with Gasteiger partial charge < -0.3 is 10.1 Å².